The molecule has 1 atom stereocenters. The lowest BCUT2D eigenvalue weighted by atomic mass is 10.2. The molecule has 0 radical (unpaired) electrons. The zero-order chi connectivity index (χ0) is 6.85. The lowest BCUT2D eigenvalue weighted by Gasteiger charge is -2.06. The van der Waals surface area contributed by atoms with Gasteiger partial charge < -0.3 is 0 Å². The lowest BCUT2D eigenvalue weighted by molar-refractivity contribution is -0.534. The summed E-state index contributed by atoms with van der Waals surface area (Å²) in [5.41, 5.74) is 0. The summed E-state index contributed by atoms with van der Waals surface area (Å²) >= 11 is 0. The van der Waals surface area contributed by atoms with Crippen molar-refractivity contribution >= 4 is 12.4 Å². The van der Waals surface area contributed by atoms with Gasteiger partial charge in [-0.3, -0.25) is 0 Å². The van der Waals surface area contributed by atoms with Gasteiger partial charge in [0, 0.05) is 5.92 Å². The summed E-state index contributed by atoms with van der Waals surface area (Å²) < 4.78 is 2.13. The van der Waals surface area contributed by atoms with E-state index in [1.54, 1.807) is 0 Å². The molecule has 1 heterocycles. The Morgan fingerprint density at radius 3 is 2.44 bits per heavy atom. The molecule has 0 aliphatic carbocycles. The highest BCUT2D eigenvalue weighted by Gasteiger charge is 2.21. The van der Waals surface area contributed by atoms with Crippen LogP contribution in [0.5, 0.6) is 0 Å². The molecule has 0 saturated carbocycles. The Kier molecular flexibility index (Phi) is 1.65. The SMILES string of the molecule is CC(C)C1N=CC=[N+]1C. The summed E-state index contributed by atoms with van der Waals surface area (Å²) in [6, 6.07) is 0. The van der Waals surface area contributed by atoms with Crippen LogP contribution < -0.4 is 0 Å². The van der Waals surface area contributed by atoms with Crippen LogP contribution in [0.15, 0.2) is 4.99 Å². The summed E-state index contributed by atoms with van der Waals surface area (Å²) in [7, 11) is 2.05. The highest BCUT2D eigenvalue weighted by molar-refractivity contribution is 6.14. The average molecular weight is 125 g/mol. The van der Waals surface area contributed by atoms with Crippen molar-refractivity contribution in [2.24, 2.45) is 10.9 Å². The molecule has 1 aliphatic heterocycles. The van der Waals surface area contributed by atoms with Crippen LogP contribution in [0.25, 0.3) is 0 Å². The van der Waals surface area contributed by atoms with Gasteiger partial charge in [-0.1, -0.05) is 13.8 Å². The second kappa shape index (κ2) is 2.29. The predicted octanol–water partition coefficient (Wildman–Crippen LogP) is 0.766. The maximum atomic E-state index is 4.26. The zero-order valence-electron chi connectivity index (χ0n) is 6.20. The van der Waals surface area contributed by atoms with Gasteiger partial charge in [0.25, 0.3) is 0 Å². The van der Waals surface area contributed by atoms with Crippen molar-refractivity contribution in [2.45, 2.75) is 20.0 Å². The monoisotopic (exact) mass is 125 g/mol. The van der Waals surface area contributed by atoms with Gasteiger partial charge in [-0.15, -0.1) is 0 Å². The Balaban J connectivity index is 2.63. The van der Waals surface area contributed by atoms with Crippen molar-refractivity contribution in [3.05, 3.63) is 0 Å². The molecule has 0 spiro atoms. The molecule has 0 bridgehead atoms. The normalized spacial score (nSPS) is 25.3. The maximum Gasteiger partial charge on any atom is 0.247 e. The van der Waals surface area contributed by atoms with Crippen molar-refractivity contribution in [3.63, 3.8) is 0 Å². The Hall–Kier alpha value is -0.660. The molecule has 0 fully saturated rings. The summed E-state index contributed by atoms with van der Waals surface area (Å²) in [4.78, 5) is 4.26. The van der Waals surface area contributed by atoms with E-state index in [1.807, 2.05) is 12.4 Å². The first-order chi connectivity index (χ1) is 4.22. The third kappa shape index (κ3) is 1.18. The molecule has 0 aromatic rings. The average Bonchev–Trinajstić information content (AvgIpc) is 2.13. The van der Waals surface area contributed by atoms with E-state index in [0.29, 0.717) is 12.1 Å². The van der Waals surface area contributed by atoms with Crippen molar-refractivity contribution in [1.82, 2.24) is 0 Å². The van der Waals surface area contributed by atoms with Gasteiger partial charge >= 0.3 is 0 Å². The molecular weight excluding hydrogens is 112 g/mol. The van der Waals surface area contributed by atoms with Crippen LogP contribution in [0, 0.1) is 5.92 Å². The van der Waals surface area contributed by atoms with E-state index >= 15 is 0 Å². The number of hydrogen-bond donors (Lipinski definition) is 0. The number of hydrogen-bond acceptors (Lipinski definition) is 1. The molecule has 0 aromatic carbocycles. The third-order valence-corrected chi connectivity index (χ3v) is 1.55. The van der Waals surface area contributed by atoms with E-state index < -0.39 is 0 Å². The van der Waals surface area contributed by atoms with Gasteiger partial charge in [-0.2, -0.15) is 0 Å². The van der Waals surface area contributed by atoms with Gasteiger partial charge in [0.2, 0.25) is 6.17 Å². The van der Waals surface area contributed by atoms with E-state index in [2.05, 4.69) is 30.5 Å². The van der Waals surface area contributed by atoms with Crippen LogP contribution in [0.1, 0.15) is 13.8 Å². The maximum absolute atomic E-state index is 4.26. The standard InChI is InChI=1S/C7H13N2/c1-6(2)7-8-4-5-9(7)3/h4-7H,1-3H3/q+1. The van der Waals surface area contributed by atoms with Crippen LogP contribution in [0.2, 0.25) is 0 Å². The molecule has 9 heavy (non-hydrogen) atoms. The molecule has 2 nitrogen and oxygen atoms in total. The van der Waals surface area contributed by atoms with Crippen molar-refractivity contribution in [3.8, 4) is 0 Å². The molecule has 1 aliphatic rings. The smallest absolute Gasteiger partial charge is 0.219 e. The Labute approximate surface area is 55.9 Å². The second-order valence-corrected chi connectivity index (χ2v) is 2.77. The van der Waals surface area contributed by atoms with E-state index in [-0.39, 0.29) is 0 Å². The first-order valence-electron chi connectivity index (χ1n) is 3.30. The molecule has 0 N–H and O–H groups in total. The summed E-state index contributed by atoms with van der Waals surface area (Å²) in [5, 5.41) is 0. The van der Waals surface area contributed by atoms with Crippen molar-refractivity contribution in [2.75, 3.05) is 7.05 Å². The third-order valence-electron chi connectivity index (χ3n) is 1.55. The molecule has 50 valence electrons. The van der Waals surface area contributed by atoms with Crippen LogP contribution in [-0.4, -0.2) is 30.2 Å². The fourth-order valence-corrected chi connectivity index (χ4v) is 1.07. The molecule has 0 amide bonds. The summed E-state index contributed by atoms with van der Waals surface area (Å²) in [6.45, 7) is 4.36. The molecule has 2 heteroatoms. The van der Waals surface area contributed by atoms with Crippen LogP contribution in [0.3, 0.4) is 0 Å². The van der Waals surface area contributed by atoms with Gasteiger partial charge in [-0.05, 0) is 0 Å². The fourth-order valence-electron chi connectivity index (χ4n) is 1.07. The Morgan fingerprint density at radius 2 is 2.22 bits per heavy atom. The molecule has 1 rings (SSSR count). The Bertz CT molecular complexity index is 156. The van der Waals surface area contributed by atoms with E-state index in [1.165, 1.54) is 0 Å². The van der Waals surface area contributed by atoms with E-state index in [4.69, 9.17) is 0 Å². The minimum atomic E-state index is 0.380. The number of aliphatic imine (C=N–C) groups is 1. The number of nitrogens with zero attached hydrogens (tertiary/aromatic N) is 2. The topological polar surface area (TPSA) is 15.4 Å². The van der Waals surface area contributed by atoms with Gasteiger partial charge in [0.1, 0.15) is 7.05 Å². The molecule has 0 saturated heterocycles. The molecular formula is C7H13N2+. The van der Waals surface area contributed by atoms with Gasteiger partial charge in [0.15, 0.2) is 6.21 Å². The van der Waals surface area contributed by atoms with E-state index in [9.17, 15) is 0 Å². The first kappa shape index (κ1) is 6.46. The predicted molar refractivity (Wildman–Crippen MR) is 39.4 cm³/mol. The van der Waals surface area contributed by atoms with E-state index in [0.717, 1.165) is 0 Å². The van der Waals surface area contributed by atoms with Crippen LogP contribution in [-0.2, 0) is 0 Å². The molecule has 1 unspecified atom stereocenters. The van der Waals surface area contributed by atoms with Gasteiger partial charge in [0.05, 0.1) is 6.21 Å². The summed E-state index contributed by atoms with van der Waals surface area (Å²) in [6.07, 6.45) is 4.25. The lowest BCUT2D eigenvalue weighted by Crippen LogP contribution is -2.22. The van der Waals surface area contributed by atoms with Crippen molar-refractivity contribution < 1.29 is 4.58 Å². The largest absolute Gasteiger partial charge is 0.247 e. The minimum absolute atomic E-state index is 0.380. The Morgan fingerprint density at radius 1 is 1.56 bits per heavy atom. The fraction of sp³-hybridized carbons (Fsp3) is 0.714. The second-order valence-electron chi connectivity index (χ2n) is 2.77. The van der Waals surface area contributed by atoms with Gasteiger partial charge in [-0.25, -0.2) is 9.57 Å². The number of rotatable bonds is 1. The molecule has 0 aromatic heterocycles. The highest BCUT2D eigenvalue weighted by Crippen LogP contribution is 2.07. The minimum Gasteiger partial charge on any atom is -0.219 e. The highest BCUT2D eigenvalue weighted by atomic mass is 15.2. The van der Waals surface area contributed by atoms with Crippen LogP contribution >= 0.6 is 0 Å². The van der Waals surface area contributed by atoms with Crippen molar-refractivity contribution in [1.29, 1.82) is 0 Å². The quantitative estimate of drug-likeness (QED) is 0.460. The first-order valence-corrected chi connectivity index (χ1v) is 3.30. The summed E-state index contributed by atoms with van der Waals surface area (Å²) in [5.74, 6) is 0.616. The zero-order valence-corrected chi connectivity index (χ0v) is 6.20. The van der Waals surface area contributed by atoms with Crippen LogP contribution in [0.4, 0.5) is 0 Å².